The molecule has 8 heteroatoms. The van der Waals surface area contributed by atoms with Gasteiger partial charge in [-0.15, -0.1) is 0 Å². The van der Waals surface area contributed by atoms with Crippen LogP contribution in [0.2, 0.25) is 0 Å². The second-order valence-electron chi connectivity index (χ2n) is 8.96. The van der Waals surface area contributed by atoms with Crippen molar-refractivity contribution in [2.75, 3.05) is 17.3 Å². The normalized spacial score (nSPS) is 16.4. The predicted octanol–water partition coefficient (Wildman–Crippen LogP) is 5.62. The number of likely N-dealkylation sites (N-methyl/N-ethyl adjacent to an activating group) is 1. The fourth-order valence-corrected chi connectivity index (χ4v) is 4.32. The summed E-state index contributed by atoms with van der Waals surface area (Å²) in [6.07, 6.45) is 0. The molecule has 1 N–H and O–H groups in total. The summed E-state index contributed by atoms with van der Waals surface area (Å²) >= 11 is 0. The van der Waals surface area contributed by atoms with Crippen molar-refractivity contribution in [1.82, 2.24) is 9.97 Å². The van der Waals surface area contributed by atoms with Gasteiger partial charge in [0.1, 0.15) is 17.5 Å². The number of hydrogen-bond donors (Lipinski definition) is 1. The number of aryl methyl sites for hydroxylation is 1. The summed E-state index contributed by atoms with van der Waals surface area (Å²) in [5.74, 6) is -3.30. The molecule has 32 heavy (non-hydrogen) atoms. The van der Waals surface area contributed by atoms with Crippen molar-refractivity contribution in [2.24, 2.45) is 0 Å². The van der Waals surface area contributed by atoms with Crippen LogP contribution in [0.15, 0.2) is 30.3 Å². The molecule has 2 heterocycles. The van der Waals surface area contributed by atoms with Gasteiger partial charge in [0, 0.05) is 30.6 Å². The molecule has 0 saturated carbocycles. The molecule has 1 aliphatic heterocycles. The lowest BCUT2D eigenvalue weighted by molar-refractivity contribution is -0.121. The molecule has 0 fully saturated rings. The van der Waals surface area contributed by atoms with E-state index in [4.69, 9.17) is 0 Å². The van der Waals surface area contributed by atoms with Gasteiger partial charge < -0.3 is 10.2 Å². The quantitative estimate of drug-likeness (QED) is 0.570. The molecule has 0 aliphatic carbocycles. The van der Waals surface area contributed by atoms with Crippen LogP contribution in [0.4, 0.5) is 24.7 Å². The first-order valence-electron chi connectivity index (χ1n) is 10.4. The van der Waals surface area contributed by atoms with E-state index in [0.717, 1.165) is 17.3 Å². The first-order valence-corrected chi connectivity index (χ1v) is 10.4. The third kappa shape index (κ3) is 3.38. The number of alkyl halides is 2. The molecular weight excluding hydrogens is 417 g/mol. The van der Waals surface area contributed by atoms with Crippen LogP contribution in [-0.4, -0.2) is 22.9 Å². The summed E-state index contributed by atoms with van der Waals surface area (Å²) in [5.41, 5.74) is 1.03. The average Bonchev–Trinajstić information content (AvgIpc) is 2.86. The van der Waals surface area contributed by atoms with Gasteiger partial charge in [0.25, 0.3) is 5.92 Å². The van der Waals surface area contributed by atoms with Crippen LogP contribution < -0.4 is 10.2 Å². The molecule has 1 aromatic heterocycles. The Morgan fingerprint density at radius 1 is 1.19 bits per heavy atom. The maximum atomic E-state index is 14.9. The highest BCUT2D eigenvalue weighted by atomic mass is 19.3. The van der Waals surface area contributed by atoms with E-state index >= 15 is 0 Å². The largest absolute Gasteiger partial charge is 0.363 e. The van der Waals surface area contributed by atoms with E-state index in [2.05, 4.69) is 15.3 Å². The van der Waals surface area contributed by atoms with Crippen LogP contribution in [0, 0.1) is 12.7 Å². The summed E-state index contributed by atoms with van der Waals surface area (Å²) in [7, 11) is 1.73. The number of amides is 1. The second kappa shape index (κ2) is 7.18. The summed E-state index contributed by atoms with van der Waals surface area (Å²) in [5, 5.41) is 3.84. The van der Waals surface area contributed by atoms with Crippen molar-refractivity contribution in [3.63, 3.8) is 0 Å². The van der Waals surface area contributed by atoms with E-state index in [1.165, 1.54) is 12.1 Å². The van der Waals surface area contributed by atoms with Gasteiger partial charge in [-0.1, -0.05) is 18.2 Å². The summed E-state index contributed by atoms with van der Waals surface area (Å²) in [6.45, 7) is 7.82. The van der Waals surface area contributed by atoms with E-state index in [1.807, 2.05) is 26.0 Å². The maximum Gasteiger partial charge on any atom is 0.273 e. The predicted molar refractivity (Wildman–Crippen MR) is 119 cm³/mol. The monoisotopic (exact) mass is 442 g/mol. The van der Waals surface area contributed by atoms with Crippen molar-refractivity contribution in [3.8, 4) is 0 Å². The standard InChI is InChI=1S/C24H25F3N4O/c1-12(14-8-7-9-16(20(14)25)24(5,26)27)28-21-15-10-17-19(11-18(15)29-13(2)30-21)31(6)22(32)23(17,3)4/h7-12H,1-6H3,(H,28,29,30)/t12-/m1/s1. The van der Waals surface area contributed by atoms with Gasteiger partial charge in [0.05, 0.1) is 22.5 Å². The lowest BCUT2D eigenvalue weighted by Gasteiger charge is -2.21. The molecule has 1 aliphatic rings. The van der Waals surface area contributed by atoms with E-state index in [9.17, 15) is 18.0 Å². The van der Waals surface area contributed by atoms with E-state index in [-0.39, 0.29) is 11.5 Å². The Hall–Kier alpha value is -3.16. The number of aromatic nitrogens is 2. The minimum absolute atomic E-state index is 0.0188. The second-order valence-corrected chi connectivity index (χ2v) is 8.96. The lowest BCUT2D eigenvalue weighted by Crippen LogP contribution is -2.33. The van der Waals surface area contributed by atoms with Crippen molar-refractivity contribution in [2.45, 2.75) is 52.0 Å². The van der Waals surface area contributed by atoms with Crippen molar-refractivity contribution < 1.29 is 18.0 Å². The van der Waals surface area contributed by atoms with Crippen LogP contribution in [0.25, 0.3) is 10.9 Å². The first-order chi connectivity index (χ1) is 14.8. The number of benzene rings is 2. The average molecular weight is 442 g/mol. The Kier molecular flexibility index (Phi) is 4.95. The Bertz CT molecular complexity index is 1250. The number of hydrogen-bond acceptors (Lipinski definition) is 4. The number of anilines is 2. The van der Waals surface area contributed by atoms with Gasteiger partial charge >= 0.3 is 0 Å². The molecule has 0 bridgehead atoms. The Morgan fingerprint density at radius 3 is 2.53 bits per heavy atom. The fourth-order valence-electron chi connectivity index (χ4n) is 4.32. The molecule has 0 radical (unpaired) electrons. The highest BCUT2D eigenvalue weighted by Crippen LogP contribution is 2.43. The third-order valence-corrected chi connectivity index (χ3v) is 6.12. The summed E-state index contributed by atoms with van der Waals surface area (Å²) in [4.78, 5) is 23.3. The van der Waals surface area contributed by atoms with Crippen LogP contribution >= 0.6 is 0 Å². The van der Waals surface area contributed by atoms with Gasteiger partial charge in [-0.3, -0.25) is 4.79 Å². The molecule has 3 aromatic rings. The number of nitrogens with zero attached hydrogens (tertiary/aromatic N) is 3. The molecule has 0 unspecified atom stereocenters. The Labute approximate surface area is 184 Å². The molecule has 5 nitrogen and oxygen atoms in total. The van der Waals surface area contributed by atoms with Crippen LogP contribution in [-0.2, 0) is 16.1 Å². The number of carbonyl (C=O) groups excluding carboxylic acids is 1. The summed E-state index contributed by atoms with van der Waals surface area (Å²) in [6, 6.07) is 7.08. The van der Waals surface area contributed by atoms with E-state index < -0.39 is 28.8 Å². The molecule has 1 atom stereocenters. The number of rotatable bonds is 4. The molecule has 4 rings (SSSR count). The highest BCUT2D eigenvalue weighted by Gasteiger charge is 2.42. The first kappa shape index (κ1) is 22.0. The van der Waals surface area contributed by atoms with E-state index in [0.29, 0.717) is 29.5 Å². The van der Waals surface area contributed by atoms with Gasteiger partial charge in [0.15, 0.2) is 0 Å². The van der Waals surface area contributed by atoms with Gasteiger partial charge in [-0.05, 0) is 45.4 Å². The molecule has 168 valence electrons. The molecule has 0 saturated heterocycles. The number of halogens is 3. The van der Waals surface area contributed by atoms with Gasteiger partial charge in [0.2, 0.25) is 5.91 Å². The lowest BCUT2D eigenvalue weighted by atomic mass is 9.85. The van der Waals surface area contributed by atoms with Crippen molar-refractivity contribution >= 4 is 28.3 Å². The minimum atomic E-state index is -3.29. The van der Waals surface area contributed by atoms with Gasteiger partial charge in [-0.2, -0.15) is 0 Å². The minimum Gasteiger partial charge on any atom is -0.363 e. The number of carbonyl (C=O) groups is 1. The fraction of sp³-hybridized carbons (Fsp3) is 0.375. The van der Waals surface area contributed by atoms with Gasteiger partial charge in [-0.25, -0.2) is 23.1 Å². The SMILES string of the molecule is Cc1nc(N[C@H](C)c2cccc(C(C)(F)F)c2F)c2cc3c(cc2n1)N(C)C(=O)C3(C)C. The summed E-state index contributed by atoms with van der Waals surface area (Å²) < 4.78 is 42.5. The van der Waals surface area contributed by atoms with Crippen LogP contribution in [0.3, 0.4) is 0 Å². The van der Waals surface area contributed by atoms with E-state index in [1.54, 1.807) is 25.8 Å². The Balaban J connectivity index is 1.81. The number of nitrogens with one attached hydrogen (secondary N) is 1. The molecule has 2 aromatic carbocycles. The van der Waals surface area contributed by atoms with Crippen molar-refractivity contribution in [1.29, 1.82) is 0 Å². The maximum absolute atomic E-state index is 14.9. The highest BCUT2D eigenvalue weighted by molar-refractivity contribution is 6.10. The third-order valence-electron chi connectivity index (χ3n) is 6.12. The molecule has 1 amide bonds. The Morgan fingerprint density at radius 2 is 1.88 bits per heavy atom. The van der Waals surface area contributed by atoms with Crippen molar-refractivity contribution in [3.05, 3.63) is 58.7 Å². The topological polar surface area (TPSA) is 58.1 Å². The number of fused-ring (bicyclic) bond motifs is 2. The zero-order valence-electron chi connectivity index (χ0n) is 18.8. The van der Waals surface area contributed by atoms with Crippen LogP contribution in [0.1, 0.15) is 56.3 Å². The molecular formula is C24H25F3N4O. The van der Waals surface area contributed by atoms with Crippen LogP contribution in [0.5, 0.6) is 0 Å². The zero-order chi connectivity index (χ0) is 23.6. The zero-order valence-corrected chi connectivity index (χ0v) is 18.8. The molecule has 0 spiro atoms. The smallest absolute Gasteiger partial charge is 0.273 e.